The van der Waals surface area contributed by atoms with Gasteiger partial charge in [-0.05, 0) is 23.5 Å². The number of hydrogen-bond acceptors (Lipinski definition) is 2. The van der Waals surface area contributed by atoms with Crippen molar-refractivity contribution in [3.05, 3.63) is 29.8 Å². The summed E-state index contributed by atoms with van der Waals surface area (Å²) >= 11 is 1.99. The highest BCUT2D eigenvalue weighted by molar-refractivity contribution is 7.99. The van der Waals surface area contributed by atoms with Gasteiger partial charge in [-0.15, -0.1) is 11.8 Å². The number of hydrogen-bond donors (Lipinski definition) is 1. The molecule has 1 atom stereocenters. The lowest BCUT2D eigenvalue weighted by Crippen LogP contribution is -2.32. The zero-order valence-electron chi connectivity index (χ0n) is 12.5. The molecule has 2 heteroatoms. The standard InChI is InChI=1S/C17H27NS/c1-4-5-8-11-17(2,3)13-18-15-12-19-16-10-7-6-9-14(15)16/h6-7,9-10,15,18H,4-5,8,11-13H2,1-3H3. The van der Waals surface area contributed by atoms with Crippen LogP contribution in [0.15, 0.2) is 29.2 Å². The van der Waals surface area contributed by atoms with Gasteiger partial charge >= 0.3 is 0 Å². The number of unbranched alkanes of at least 4 members (excludes halogenated alkanes) is 2. The van der Waals surface area contributed by atoms with E-state index >= 15 is 0 Å². The molecule has 1 aromatic carbocycles. The van der Waals surface area contributed by atoms with Gasteiger partial charge < -0.3 is 5.32 Å². The molecule has 2 rings (SSSR count). The summed E-state index contributed by atoms with van der Waals surface area (Å²) in [6.07, 6.45) is 5.37. The molecule has 1 heterocycles. The Morgan fingerprint density at radius 1 is 1.26 bits per heavy atom. The van der Waals surface area contributed by atoms with Crippen molar-refractivity contribution < 1.29 is 0 Å². The van der Waals surface area contributed by atoms with Crippen LogP contribution in [0.2, 0.25) is 0 Å². The SMILES string of the molecule is CCCCCC(C)(C)CNC1CSc2ccccc21. The molecule has 0 bridgehead atoms. The Morgan fingerprint density at radius 3 is 2.84 bits per heavy atom. The summed E-state index contributed by atoms with van der Waals surface area (Å²) < 4.78 is 0. The Balaban J connectivity index is 1.83. The second-order valence-corrected chi connectivity index (χ2v) is 7.47. The minimum atomic E-state index is 0.414. The molecule has 0 fully saturated rings. The molecule has 0 saturated carbocycles. The van der Waals surface area contributed by atoms with Crippen molar-refractivity contribution in [2.24, 2.45) is 5.41 Å². The lowest BCUT2D eigenvalue weighted by atomic mass is 9.86. The summed E-state index contributed by atoms with van der Waals surface area (Å²) in [6, 6.07) is 9.37. The van der Waals surface area contributed by atoms with Crippen molar-refractivity contribution in [3.63, 3.8) is 0 Å². The smallest absolute Gasteiger partial charge is 0.0426 e. The van der Waals surface area contributed by atoms with E-state index in [1.54, 1.807) is 0 Å². The Bertz CT molecular complexity index is 400. The maximum atomic E-state index is 3.78. The molecule has 1 unspecified atom stereocenters. The van der Waals surface area contributed by atoms with Crippen LogP contribution in [0.25, 0.3) is 0 Å². The van der Waals surface area contributed by atoms with Gasteiger partial charge in [0, 0.05) is 23.2 Å². The van der Waals surface area contributed by atoms with Gasteiger partial charge in [-0.25, -0.2) is 0 Å². The highest BCUT2D eigenvalue weighted by atomic mass is 32.2. The fourth-order valence-electron chi connectivity index (χ4n) is 2.67. The van der Waals surface area contributed by atoms with Crippen molar-refractivity contribution in [3.8, 4) is 0 Å². The summed E-state index contributed by atoms with van der Waals surface area (Å²) in [7, 11) is 0. The minimum Gasteiger partial charge on any atom is -0.309 e. The first-order chi connectivity index (χ1) is 9.12. The van der Waals surface area contributed by atoms with Gasteiger partial charge in [-0.1, -0.05) is 58.2 Å². The Labute approximate surface area is 122 Å². The highest BCUT2D eigenvalue weighted by Gasteiger charge is 2.25. The predicted octanol–water partition coefficient (Wildman–Crippen LogP) is 5.03. The summed E-state index contributed by atoms with van der Waals surface area (Å²) in [5.74, 6) is 1.18. The fraction of sp³-hybridized carbons (Fsp3) is 0.647. The van der Waals surface area contributed by atoms with Crippen LogP contribution in [0.1, 0.15) is 58.1 Å². The first kappa shape index (κ1) is 14.9. The van der Waals surface area contributed by atoms with Crippen LogP contribution in [0.3, 0.4) is 0 Å². The number of fused-ring (bicyclic) bond motifs is 1. The van der Waals surface area contributed by atoms with Gasteiger partial charge in [0.2, 0.25) is 0 Å². The van der Waals surface area contributed by atoms with E-state index in [0.717, 1.165) is 6.54 Å². The molecular weight excluding hydrogens is 250 g/mol. The van der Waals surface area contributed by atoms with Gasteiger partial charge in [0.05, 0.1) is 0 Å². The fourth-order valence-corrected chi connectivity index (χ4v) is 3.87. The predicted molar refractivity (Wildman–Crippen MR) is 85.8 cm³/mol. The van der Waals surface area contributed by atoms with Crippen molar-refractivity contribution >= 4 is 11.8 Å². The van der Waals surface area contributed by atoms with Gasteiger partial charge in [0.25, 0.3) is 0 Å². The molecular formula is C17H27NS. The van der Waals surface area contributed by atoms with Crippen LogP contribution in [0.4, 0.5) is 0 Å². The molecule has 19 heavy (non-hydrogen) atoms. The molecule has 1 nitrogen and oxygen atoms in total. The first-order valence-corrected chi connectivity index (χ1v) is 8.56. The van der Waals surface area contributed by atoms with Crippen LogP contribution in [0.5, 0.6) is 0 Å². The molecule has 0 radical (unpaired) electrons. The van der Waals surface area contributed by atoms with Crippen molar-refractivity contribution in [2.45, 2.75) is 57.4 Å². The topological polar surface area (TPSA) is 12.0 Å². The minimum absolute atomic E-state index is 0.414. The molecule has 1 aliphatic heterocycles. The van der Waals surface area contributed by atoms with E-state index in [-0.39, 0.29) is 0 Å². The first-order valence-electron chi connectivity index (χ1n) is 7.57. The van der Waals surface area contributed by atoms with E-state index in [9.17, 15) is 0 Å². The van der Waals surface area contributed by atoms with Crippen LogP contribution in [0, 0.1) is 5.41 Å². The Morgan fingerprint density at radius 2 is 2.05 bits per heavy atom. The molecule has 0 aliphatic carbocycles. The van der Waals surface area contributed by atoms with Crippen LogP contribution >= 0.6 is 11.8 Å². The number of rotatable bonds is 7. The number of benzene rings is 1. The second kappa shape index (κ2) is 6.81. The highest BCUT2D eigenvalue weighted by Crippen LogP contribution is 2.38. The molecule has 0 saturated heterocycles. The van der Waals surface area contributed by atoms with Gasteiger partial charge in [0.1, 0.15) is 0 Å². The maximum Gasteiger partial charge on any atom is 0.0426 e. The molecule has 1 aromatic rings. The van der Waals surface area contributed by atoms with E-state index < -0.39 is 0 Å². The molecule has 0 aromatic heterocycles. The van der Waals surface area contributed by atoms with Crippen LogP contribution in [-0.2, 0) is 0 Å². The monoisotopic (exact) mass is 277 g/mol. The zero-order chi connectivity index (χ0) is 13.7. The summed E-state index contributed by atoms with van der Waals surface area (Å²) in [5.41, 5.74) is 1.91. The average molecular weight is 277 g/mol. The average Bonchev–Trinajstić information content (AvgIpc) is 2.80. The van der Waals surface area contributed by atoms with Crippen LogP contribution in [-0.4, -0.2) is 12.3 Å². The molecule has 0 amide bonds. The second-order valence-electron chi connectivity index (χ2n) is 6.40. The largest absolute Gasteiger partial charge is 0.309 e. The van der Waals surface area contributed by atoms with E-state index in [2.05, 4.69) is 50.4 Å². The summed E-state index contributed by atoms with van der Waals surface area (Å²) in [4.78, 5) is 1.46. The Kier molecular flexibility index (Phi) is 5.35. The molecule has 1 aliphatic rings. The summed E-state index contributed by atoms with van der Waals surface area (Å²) in [5, 5.41) is 3.78. The van der Waals surface area contributed by atoms with Crippen molar-refractivity contribution in [2.75, 3.05) is 12.3 Å². The quantitative estimate of drug-likeness (QED) is 0.702. The zero-order valence-corrected chi connectivity index (χ0v) is 13.4. The van der Waals surface area contributed by atoms with Crippen molar-refractivity contribution in [1.82, 2.24) is 5.32 Å². The molecule has 0 spiro atoms. The Hall–Kier alpha value is -0.470. The normalized spacial score (nSPS) is 18.6. The third-order valence-electron chi connectivity index (χ3n) is 3.98. The molecule has 1 N–H and O–H groups in total. The lowest BCUT2D eigenvalue weighted by molar-refractivity contribution is 0.292. The maximum absolute atomic E-state index is 3.78. The van der Waals surface area contributed by atoms with E-state index in [1.807, 2.05) is 11.8 Å². The van der Waals surface area contributed by atoms with Crippen LogP contribution < -0.4 is 5.32 Å². The van der Waals surface area contributed by atoms with Gasteiger partial charge in [0.15, 0.2) is 0 Å². The van der Waals surface area contributed by atoms with E-state index in [0.29, 0.717) is 11.5 Å². The number of nitrogens with one attached hydrogen (secondary N) is 1. The van der Waals surface area contributed by atoms with Crippen molar-refractivity contribution in [1.29, 1.82) is 0 Å². The van der Waals surface area contributed by atoms with E-state index in [4.69, 9.17) is 0 Å². The third kappa shape index (κ3) is 4.25. The lowest BCUT2D eigenvalue weighted by Gasteiger charge is -2.27. The number of thioether (sulfide) groups is 1. The van der Waals surface area contributed by atoms with Gasteiger partial charge in [-0.3, -0.25) is 0 Å². The summed E-state index contributed by atoms with van der Waals surface area (Å²) in [6.45, 7) is 8.18. The third-order valence-corrected chi connectivity index (χ3v) is 5.17. The molecule has 106 valence electrons. The van der Waals surface area contributed by atoms with E-state index in [1.165, 1.54) is 41.9 Å². The van der Waals surface area contributed by atoms with Gasteiger partial charge in [-0.2, -0.15) is 0 Å².